The van der Waals surface area contributed by atoms with Crippen LogP contribution in [0.3, 0.4) is 0 Å². The Balaban J connectivity index is 2.41. The van der Waals surface area contributed by atoms with Crippen molar-refractivity contribution in [1.29, 1.82) is 0 Å². The number of alkyl halides is 3. The van der Waals surface area contributed by atoms with Crippen molar-refractivity contribution in [2.75, 3.05) is 13.2 Å². The van der Waals surface area contributed by atoms with Crippen molar-refractivity contribution in [2.24, 2.45) is 0 Å². The van der Waals surface area contributed by atoms with Gasteiger partial charge in [-0.25, -0.2) is 4.79 Å². The van der Waals surface area contributed by atoms with Crippen LogP contribution in [0.2, 0.25) is 0 Å². The van der Waals surface area contributed by atoms with Crippen molar-refractivity contribution in [3.63, 3.8) is 0 Å². The molecular formula is C6H7F3O6S. The van der Waals surface area contributed by atoms with Crippen molar-refractivity contribution in [3.8, 4) is 0 Å². The van der Waals surface area contributed by atoms with Crippen LogP contribution in [0.5, 0.6) is 0 Å². The molecule has 0 aromatic rings. The molecule has 0 N–H and O–H groups in total. The van der Waals surface area contributed by atoms with Gasteiger partial charge in [0.2, 0.25) is 5.44 Å². The van der Waals surface area contributed by atoms with Crippen LogP contribution < -0.4 is 0 Å². The number of hydrogen-bond acceptors (Lipinski definition) is 6. The third-order valence-electron chi connectivity index (χ3n) is 1.50. The van der Waals surface area contributed by atoms with Crippen LogP contribution in [0, 0.1) is 0 Å². The molecule has 6 nitrogen and oxygen atoms in total. The first-order valence-electron chi connectivity index (χ1n) is 3.99. The second kappa shape index (κ2) is 4.45. The fourth-order valence-electron chi connectivity index (χ4n) is 0.881. The molecule has 0 bridgehead atoms. The Morgan fingerprint density at radius 1 is 1.44 bits per heavy atom. The molecule has 1 aliphatic rings. The number of halogens is 3. The molecule has 0 amide bonds. The summed E-state index contributed by atoms with van der Waals surface area (Å²) in [5, 5.41) is 0. The molecule has 0 radical (unpaired) electrons. The molecule has 0 aromatic heterocycles. The minimum Gasteiger partial charge on any atom is -0.425 e. The van der Waals surface area contributed by atoms with E-state index >= 15 is 0 Å². The van der Waals surface area contributed by atoms with Crippen LogP contribution >= 0.6 is 0 Å². The number of carbonyl (C=O) groups is 1. The molecule has 1 unspecified atom stereocenters. The summed E-state index contributed by atoms with van der Waals surface area (Å²) in [5.41, 5.74) is -1.60. The maximum Gasteiger partial charge on any atom is 0.509 e. The van der Waals surface area contributed by atoms with E-state index in [4.69, 9.17) is 0 Å². The Hall–Kier alpha value is -1.03. The lowest BCUT2D eigenvalue weighted by Crippen LogP contribution is -2.26. The second-order valence-corrected chi connectivity index (χ2v) is 4.55. The molecule has 16 heavy (non-hydrogen) atoms. The minimum atomic E-state index is -4.69. The van der Waals surface area contributed by atoms with E-state index in [-0.39, 0.29) is 13.0 Å². The van der Waals surface area contributed by atoms with Crippen LogP contribution in [0.4, 0.5) is 18.0 Å². The summed E-state index contributed by atoms with van der Waals surface area (Å²) in [5.74, 6) is 0. The van der Waals surface area contributed by atoms with Crippen molar-refractivity contribution in [2.45, 2.75) is 18.0 Å². The van der Waals surface area contributed by atoms with Gasteiger partial charge in [-0.05, 0) is 0 Å². The van der Waals surface area contributed by atoms with Crippen LogP contribution in [0.15, 0.2) is 0 Å². The standard InChI is InChI=1S/C6H7F3O6S/c7-6(8,9)3-13-5(10)15-4-1-2-14-16(4,11)12/h4H,1-3H2. The van der Waals surface area contributed by atoms with E-state index < -0.39 is 34.5 Å². The lowest BCUT2D eigenvalue weighted by Gasteiger charge is -2.11. The summed E-state index contributed by atoms with van der Waals surface area (Å²) in [6.07, 6.45) is -6.52. The normalized spacial score (nSPS) is 24.1. The van der Waals surface area contributed by atoms with E-state index in [1.165, 1.54) is 0 Å². The van der Waals surface area contributed by atoms with Gasteiger partial charge in [0.05, 0.1) is 6.61 Å². The van der Waals surface area contributed by atoms with E-state index in [1.54, 1.807) is 0 Å². The maximum atomic E-state index is 11.6. The Kier molecular flexibility index (Phi) is 3.63. The number of ether oxygens (including phenoxy) is 2. The monoisotopic (exact) mass is 264 g/mol. The van der Waals surface area contributed by atoms with Crippen molar-refractivity contribution >= 4 is 16.3 Å². The third-order valence-corrected chi connectivity index (χ3v) is 2.98. The van der Waals surface area contributed by atoms with E-state index in [0.29, 0.717) is 0 Å². The molecule has 1 aliphatic heterocycles. The van der Waals surface area contributed by atoms with E-state index in [9.17, 15) is 26.4 Å². The number of carbonyl (C=O) groups excluding carboxylic acids is 1. The van der Waals surface area contributed by atoms with Gasteiger partial charge in [-0.2, -0.15) is 21.6 Å². The minimum absolute atomic E-state index is 0.135. The largest absolute Gasteiger partial charge is 0.509 e. The molecular weight excluding hydrogens is 257 g/mol. The van der Waals surface area contributed by atoms with Crippen LogP contribution in [-0.2, 0) is 23.8 Å². The second-order valence-electron chi connectivity index (χ2n) is 2.80. The molecule has 0 aliphatic carbocycles. The molecule has 1 saturated heterocycles. The molecule has 94 valence electrons. The first kappa shape index (κ1) is 13.0. The van der Waals surface area contributed by atoms with Gasteiger partial charge in [0, 0.05) is 6.42 Å². The SMILES string of the molecule is O=C(OCC(F)(F)F)OC1CCOS1(=O)=O. The Morgan fingerprint density at radius 3 is 2.50 bits per heavy atom. The Labute approximate surface area is 88.4 Å². The topological polar surface area (TPSA) is 78.9 Å². The maximum absolute atomic E-state index is 11.6. The first-order chi connectivity index (χ1) is 7.21. The van der Waals surface area contributed by atoms with Crippen LogP contribution in [0.25, 0.3) is 0 Å². The summed E-state index contributed by atoms with van der Waals surface area (Å²) in [7, 11) is -4.04. The van der Waals surface area contributed by atoms with E-state index in [1.807, 2.05) is 0 Å². The summed E-state index contributed by atoms with van der Waals surface area (Å²) in [4.78, 5) is 10.7. The van der Waals surface area contributed by atoms with Crippen molar-refractivity contribution in [3.05, 3.63) is 0 Å². The van der Waals surface area contributed by atoms with Gasteiger partial charge >= 0.3 is 22.4 Å². The average molecular weight is 264 g/mol. The summed E-state index contributed by atoms with van der Waals surface area (Å²) in [6, 6.07) is 0. The van der Waals surface area contributed by atoms with Crippen LogP contribution in [0.1, 0.15) is 6.42 Å². The number of rotatable bonds is 2. The summed E-state index contributed by atoms with van der Waals surface area (Å²) < 4.78 is 68.7. The molecule has 1 atom stereocenters. The molecule has 10 heteroatoms. The van der Waals surface area contributed by atoms with E-state index in [2.05, 4.69) is 13.7 Å². The van der Waals surface area contributed by atoms with Crippen molar-refractivity contribution < 1.29 is 40.0 Å². The third kappa shape index (κ3) is 3.85. The molecule has 0 aromatic carbocycles. The Morgan fingerprint density at radius 2 is 2.06 bits per heavy atom. The molecule has 0 spiro atoms. The number of hydrogen-bond donors (Lipinski definition) is 0. The highest BCUT2D eigenvalue weighted by Gasteiger charge is 2.37. The fourth-order valence-corrected chi connectivity index (χ4v) is 1.94. The molecule has 0 saturated carbocycles. The fraction of sp³-hybridized carbons (Fsp3) is 0.833. The summed E-state index contributed by atoms with van der Waals surface area (Å²) in [6.45, 7) is -2.01. The Bertz CT molecular complexity index is 361. The lowest BCUT2D eigenvalue weighted by molar-refractivity contribution is -0.165. The van der Waals surface area contributed by atoms with Gasteiger partial charge in [0.1, 0.15) is 0 Å². The lowest BCUT2D eigenvalue weighted by atomic mass is 10.5. The zero-order valence-electron chi connectivity index (χ0n) is 7.69. The highest BCUT2D eigenvalue weighted by Crippen LogP contribution is 2.20. The van der Waals surface area contributed by atoms with Gasteiger partial charge in [0.15, 0.2) is 6.61 Å². The van der Waals surface area contributed by atoms with Gasteiger partial charge in [0.25, 0.3) is 0 Å². The summed E-state index contributed by atoms with van der Waals surface area (Å²) >= 11 is 0. The van der Waals surface area contributed by atoms with Gasteiger partial charge in [-0.15, -0.1) is 0 Å². The first-order valence-corrected chi connectivity index (χ1v) is 5.46. The van der Waals surface area contributed by atoms with E-state index in [0.717, 1.165) is 0 Å². The highest BCUT2D eigenvalue weighted by atomic mass is 32.2. The smallest absolute Gasteiger partial charge is 0.425 e. The van der Waals surface area contributed by atoms with Crippen molar-refractivity contribution in [1.82, 2.24) is 0 Å². The molecule has 1 fully saturated rings. The predicted octanol–water partition coefficient (Wildman–Crippen LogP) is 0.778. The highest BCUT2D eigenvalue weighted by molar-refractivity contribution is 7.87. The zero-order valence-corrected chi connectivity index (χ0v) is 8.51. The molecule has 1 heterocycles. The van der Waals surface area contributed by atoms with Gasteiger partial charge < -0.3 is 9.47 Å². The zero-order chi connectivity index (χ0) is 12.4. The van der Waals surface area contributed by atoms with Gasteiger partial charge in [-0.1, -0.05) is 0 Å². The quantitative estimate of drug-likeness (QED) is 0.541. The van der Waals surface area contributed by atoms with Crippen LogP contribution in [-0.4, -0.2) is 39.4 Å². The molecule has 1 rings (SSSR count). The van der Waals surface area contributed by atoms with Gasteiger partial charge in [-0.3, -0.25) is 4.18 Å². The average Bonchev–Trinajstić information content (AvgIpc) is 2.42. The predicted molar refractivity (Wildman–Crippen MR) is 41.8 cm³/mol.